The Morgan fingerprint density at radius 2 is 1.56 bits per heavy atom. The summed E-state index contributed by atoms with van der Waals surface area (Å²) in [6.07, 6.45) is 3.70. The summed E-state index contributed by atoms with van der Waals surface area (Å²) in [6.45, 7) is 5.72. The Balaban J connectivity index is 1.65. The van der Waals surface area contributed by atoms with Gasteiger partial charge in [0, 0.05) is 23.5 Å². The van der Waals surface area contributed by atoms with Gasteiger partial charge >= 0.3 is 0 Å². The standard InChI is InChI=1S/C23H26N2O2/c1-3-25(16-19-11-13-24-14-12-19)17-21-9-10-22(23(15-21)26-2)27-18-20-7-5-4-6-8-20/h4-15H,3,16-18H2,1-2H3/p+1. The summed E-state index contributed by atoms with van der Waals surface area (Å²) in [5.41, 5.74) is 3.68. The molecule has 1 heterocycles. The molecule has 0 aliphatic carbocycles. The number of methoxy groups -OCH3 is 1. The smallest absolute Gasteiger partial charge is 0.161 e. The third-order valence-corrected chi connectivity index (χ3v) is 4.62. The summed E-state index contributed by atoms with van der Waals surface area (Å²) in [5.74, 6) is 1.56. The quantitative estimate of drug-likeness (QED) is 0.634. The van der Waals surface area contributed by atoms with Crippen LogP contribution < -0.4 is 14.4 Å². The van der Waals surface area contributed by atoms with Crippen molar-refractivity contribution in [3.63, 3.8) is 0 Å². The molecule has 1 unspecified atom stereocenters. The van der Waals surface area contributed by atoms with Gasteiger partial charge in [0.2, 0.25) is 0 Å². The lowest BCUT2D eigenvalue weighted by Gasteiger charge is -2.19. The van der Waals surface area contributed by atoms with E-state index >= 15 is 0 Å². The zero-order chi connectivity index (χ0) is 18.9. The summed E-state index contributed by atoms with van der Waals surface area (Å²) in [6, 6.07) is 20.5. The number of quaternary nitrogens is 1. The van der Waals surface area contributed by atoms with Crippen LogP contribution >= 0.6 is 0 Å². The normalized spacial score (nSPS) is 11.8. The molecule has 0 aliphatic rings. The van der Waals surface area contributed by atoms with E-state index in [4.69, 9.17) is 9.47 Å². The van der Waals surface area contributed by atoms with Gasteiger partial charge in [-0.15, -0.1) is 0 Å². The second-order valence-electron chi connectivity index (χ2n) is 6.57. The monoisotopic (exact) mass is 363 g/mol. The van der Waals surface area contributed by atoms with Crippen LogP contribution in [0.15, 0.2) is 73.1 Å². The first-order valence-corrected chi connectivity index (χ1v) is 9.34. The molecule has 3 aromatic rings. The number of ether oxygens (including phenoxy) is 2. The number of hydrogen-bond donors (Lipinski definition) is 1. The lowest BCUT2D eigenvalue weighted by atomic mass is 10.1. The highest BCUT2D eigenvalue weighted by Crippen LogP contribution is 2.28. The van der Waals surface area contributed by atoms with Crippen molar-refractivity contribution in [1.82, 2.24) is 4.98 Å². The second-order valence-corrected chi connectivity index (χ2v) is 6.57. The van der Waals surface area contributed by atoms with Gasteiger partial charge in [-0.25, -0.2) is 0 Å². The lowest BCUT2D eigenvalue weighted by Crippen LogP contribution is -3.09. The van der Waals surface area contributed by atoms with E-state index in [0.29, 0.717) is 6.61 Å². The van der Waals surface area contributed by atoms with Gasteiger partial charge in [-0.2, -0.15) is 0 Å². The highest BCUT2D eigenvalue weighted by molar-refractivity contribution is 5.43. The van der Waals surface area contributed by atoms with Crippen molar-refractivity contribution in [3.05, 3.63) is 89.7 Å². The summed E-state index contributed by atoms with van der Waals surface area (Å²) in [5, 5.41) is 0. The highest BCUT2D eigenvalue weighted by atomic mass is 16.5. The topological polar surface area (TPSA) is 35.8 Å². The number of nitrogens with one attached hydrogen (secondary N) is 1. The van der Waals surface area contributed by atoms with Gasteiger partial charge in [0.15, 0.2) is 11.5 Å². The van der Waals surface area contributed by atoms with Crippen molar-refractivity contribution >= 4 is 0 Å². The Labute approximate surface area is 161 Å². The van der Waals surface area contributed by atoms with E-state index in [-0.39, 0.29) is 0 Å². The van der Waals surface area contributed by atoms with Gasteiger partial charge in [0.25, 0.3) is 0 Å². The molecule has 3 rings (SSSR count). The molecule has 0 amide bonds. The van der Waals surface area contributed by atoms with E-state index < -0.39 is 0 Å². The molecule has 0 saturated heterocycles. The predicted octanol–water partition coefficient (Wildman–Crippen LogP) is 3.27. The fraction of sp³-hybridized carbons (Fsp3) is 0.261. The fourth-order valence-corrected chi connectivity index (χ4v) is 3.07. The Hall–Kier alpha value is -2.85. The summed E-state index contributed by atoms with van der Waals surface area (Å²) >= 11 is 0. The molecular weight excluding hydrogens is 336 g/mol. The molecule has 4 nitrogen and oxygen atoms in total. The van der Waals surface area contributed by atoms with Crippen molar-refractivity contribution < 1.29 is 14.4 Å². The number of nitrogens with zero attached hydrogens (tertiary/aromatic N) is 1. The molecule has 1 N–H and O–H groups in total. The Kier molecular flexibility index (Phi) is 6.83. The first-order valence-electron chi connectivity index (χ1n) is 9.34. The Bertz CT molecular complexity index is 822. The van der Waals surface area contributed by atoms with Crippen molar-refractivity contribution in [2.75, 3.05) is 13.7 Å². The van der Waals surface area contributed by atoms with Crippen molar-refractivity contribution in [2.24, 2.45) is 0 Å². The molecule has 0 saturated carbocycles. The van der Waals surface area contributed by atoms with Crippen LogP contribution in [-0.2, 0) is 19.7 Å². The third kappa shape index (κ3) is 5.56. The highest BCUT2D eigenvalue weighted by Gasteiger charge is 2.12. The van der Waals surface area contributed by atoms with Crippen molar-refractivity contribution in [1.29, 1.82) is 0 Å². The van der Waals surface area contributed by atoms with Crippen LogP contribution in [0.3, 0.4) is 0 Å². The van der Waals surface area contributed by atoms with Crippen LogP contribution in [0.4, 0.5) is 0 Å². The minimum absolute atomic E-state index is 0.533. The lowest BCUT2D eigenvalue weighted by molar-refractivity contribution is -0.925. The number of hydrogen-bond acceptors (Lipinski definition) is 3. The number of rotatable bonds is 9. The van der Waals surface area contributed by atoms with Gasteiger partial charge in [-0.1, -0.05) is 30.3 Å². The van der Waals surface area contributed by atoms with Gasteiger partial charge in [-0.3, -0.25) is 4.98 Å². The summed E-state index contributed by atoms with van der Waals surface area (Å²) in [4.78, 5) is 5.58. The van der Waals surface area contributed by atoms with E-state index in [1.54, 1.807) is 7.11 Å². The van der Waals surface area contributed by atoms with E-state index in [0.717, 1.165) is 36.7 Å². The van der Waals surface area contributed by atoms with Crippen LogP contribution in [0, 0.1) is 0 Å². The van der Waals surface area contributed by atoms with Crippen LogP contribution in [0.1, 0.15) is 23.6 Å². The fourth-order valence-electron chi connectivity index (χ4n) is 3.07. The molecule has 1 aromatic heterocycles. The molecule has 0 aliphatic heterocycles. The van der Waals surface area contributed by atoms with Crippen LogP contribution in [0.2, 0.25) is 0 Å². The van der Waals surface area contributed by atoms with Crippen LogP contribution in [-0.4, -0.2) is 18.6 Å². The average Bonchev–Trinajstić information content (AvgIpc) is 2.73. The first-order chi connectivity index (χ1) is 13.3. The molecule has 0 fully saturated rings. The molecule has 4 heteroatoms. The maximum atomic E-state index is 5.96. The Morgan fingerprint density at radius 3 is 2.26 bits per heavy atom. The van der Waals surface area contributed by atoms with Crippen molar-refractivity contribution in [3.8, 4) is 11.5 Å². The predicted molar refractivity (Wildman–Crippen MR) is 107 cm³/mol. The van der Waals surface area contributed by atoms with Crippen LogP contribution in [0.25, 0.3) is 0 Å². The summed E-state index contributed by atoms with van der Waals surface area (Å²) in [7, 11) is 1.69. The minimum atomic E-state index is 0.533. The zero-order valence-corrected chi connectivity index (χ0v) is 16.0. The SMILES string of the molecule is CC[NH+](Cc1ccncc1)Cc1ccc(OCc2ccccc2)c(OC)c1. The Morgan fingerprint density at radius 1 is 0.815 bits per heavy atom. The zero-order valence-electron chi connectivity index (χ0n) is 16.0. The largest absolute Gasteiger partial charge is 0.493 e. The molecule has 27 heavy (non-hydrogen) atoms. The summed E-state index contributed by atoms with van der Waals surface area (Å²) < 4.78 is 11.5. The molecule has 0 bridgehead atoms. The molecule has 0 spiro atoms. The van der Waals surface area contributed by atoms with Gasteiger partial charge in [-0.05, 0) is 42.8 Å². The molecule has 140 valence electrons. The molecule has 0 radical (unpaired) electrons. The molecule has 1 atom stereocenters. The number of aromatic nitrogens is 1. The van der Waals surface area contributed by atoms with E-state index in [2.05, 4.69) is 48.3 Å². The van der Waals surface area contributed by atoms with Crippen molar-refractivity contribution in [2.45, 2.75) is 26.6 Å². The number of pyridine rings is 1. The van der Waals surface area contributed by atoms with Gasteiger partial charge < -0.3 is 14.4 Å². The average molecular weight is 363 g/mol. The minimum Gasteiger partial charge on any atom is -0.493 e. The maximum Gasteiger partial charge on any atom is 0.161 e. The number of benzene rings is 2. The molecule has 2 aromatic carbocycles. The van der Waals surface area contributed by atoms with Gasteiger partial charge in [0.05, 0.1) is 13.7 Å². The maximum absolute atomic E-state index is 5.96. The van der Waals surface area contributed by atoms with Gasteiger partial charge in [0.1, 0.15) is 19.7 Å². The van der Waals surface area contributed by atoms with Crippen LogP contribution in [0.5, 0.6) is 11.5 Å². The van der Waals surface area contributed by atoms with E-state index in [9.17, 15) is 0 Å². The second kappa shape index (κ2) is 9.74. The molecular formula is C23H27N2O2+. The van der Waals surface area contributed by atoms with E-state index in [1.807, 2.05) is 36.7 Å². The third-order valence-electron chi connectivity index (χ3n) is 4.62. The van der Waals surface area contributed by atoms with E-state index in [1.165, 1.54) is 16.0 Å². The first kappa shape index (κ1) is 18.9.